The molecular weight excluding hydrogens is 246 g/mol. The smallest absolute Gasteiger partial charge is 0.250 e. The zero-order chi connectivity index (χ0) is 14.5. The minimum absolute atomic E-state index is 0.0681. The SMILES string of the molecule is C=CC(=O)N(C=C)C(CCC1CC1)c1cccc(C)c1. The van der Waals surface area contributed by atoms with Crippen LogP contribution in [0.15, 0.2) is 49.7 Å². The van der Waals surface area contributed by atoms with Crippen LogP contribution in [-0.2, 0) is 4.79 Å². The maximum absolute atomic E-state index is 12.0. The summed E-state index contributed by atoms with van der Waals surface area (Å²) in [6, 6.07) is 8.45. The first kappa shape index (κ1) is 14.6. The summed E-state index contributed by atoms with van der Waals surface area (Å²) in [6.45, 7) is 9.47. The molecule has 1 aliphatic carbocycles. The zero-order valence-electron chi connectivity index (χ0n) is 12.2. The number of amides is 1. The van der Waals surface area contributed by atoms with Crippen LogP contribution in [0.2, 0.25) is 0 Å². The van der Waals surface area contributed by atoms with Crippen molar-refractivity contribution in [3.05, 3.63) is 60.8 Å². The molecule has 1 aromatic carbocycles. The third kappa shape index (κ3) is 3.60. The van der Waals surface area contributed by atoms with Gasteiger partial charge in [-0.3, -0.25) is 4.79 Å². The van der Waals surface area contributed by atoms with E-state index in [4.69, 9.17) is 0 Å². The average Bonchev–Trinajstić information content (AvgIpc) is 3.26. The molecule has 2 rings (SSSR count). The molecule has 1 atom stereocenters. The molecule has 0 bridgehead atoms. The second kappa shape index (κ2) is 6.56. The van der Waals surface area contributed by atoms with Crippen LogP contribution in [0, 0.1) is 12.8 Å². The first-order chi connectivity index (χ1) is 9.65. The standard InChI is InChI=1S/C18H23NO/c1-4-18(20)19(5-2)17(12-11-15-9-10-15)16-8-6-7-14(3)13-16/h4-8,13,15,17H,1-2,9-12H2,3H3. The van der Waals surface area contributed by atoms with Gasteiger partial charge in [0.2, 0.25) is 5.91 Å². The van der Waals surface area contributed by atoms with E-state index in [2.05, 4.69) is 44.3 Å². The van der Waals surface area contributed by atoms with E-state index in [0.29, 0.717) is 0 Å². The lowest BCUT2D eigenvalue weighted by molar-refractivity contribution is -0.125. The molecule has 0 heterocycles. The van der Waals surface area contributed by atoms with Crippen LogP contribution >= 0.6 is 0 Å². The third-order valence-corrected chi connectivity index (χ3v) is 3.93. The van der Waals surface area contributed by atoms with Crippen LogP contribution < -0.4 is 0 Å². The quantitative estimate of drug-likeness (QED) is 0.672. The number of hydrogen-bond donors (Lipinski definition) is 0. The second-order valence-corrected chi connectivity index (χ2v) is 5.58. The Morgan fingerprint density at radius 1 is 1.45 bits per heavy atom. The van der Waals surface area contributed by atoms with Crippen molar-refractivity contribution < 1.29 is 4.79 Å². The van der Waals surface area contributed by atoms with Crippen molar-refractivity contribution in [1.82, 2.24) is 4.90 Å². The van der Waals surface area contributed by atoms with Gasteiger partial charge in [0.15, 0.2) is 0 Å². The van der Waals surface area contributed by atoms with E-state index in [1.807, 2.05) is 0 Å². The molecule has 1 saturated carbocycles. The Balaban J connectivity index is 2.23. The normalized spacial score (nSPS) is 15.4. The number of aryl methyl sites for hydroxylation is 1. The van der Waals surface area contributed by atoms with Gasteiger partial charge in [0.25, 0.3) is 0 Å². The molecule has 20 heavy (non-hydrogen) atoms. The van der Waals surface area contributed by atoms with E-state index in [1.165, 1.54) is 36.5 Å². The van der Waals surface area contributed by atoms with Crippen molar-refractivity contribution in [2.24, 2.45) is 5.92 Å². The number of hydrogen-bond acceptors (Lipinski definition) is 1. The summed E-state index contributed by atoms with van der Waals surface area (Å²) >= 11 is 0. The molecule has 0 radical (unpaired) electrons. The minimum atomic E-state index is -0.0812. The van der Waals surface area contributed by atoms with Gasteiger partial charge in [0.05, 0.1) is 6.04 Å². The number of rotatable bonds is 7. The molecule has 2 heteroatoms. The summed E-state index contributed by atoms with van der Waals surface area (Å²) in [6.07, 6.45) is 7.83. The predicted molar refractivity (Wildman–Crippen MR) is 83.1 cm³/mol. The Labute approximate surface area is 121 Å². The molecule has 0 aliphatic heterocycles. The molecule has 0 N–H and O–H groups in total. The number of carbonyl (C=O) groups is 1. The van der Waals surface area contributed by atoms with Crippen LogP contribution in [0.5, 0.6) is 0 Å². The molecule has 0 aromatic heterocycles. The summed E-state index contributed by atoms with van der Waals surface area (Å²) < 4.78 is 0. The van der Waals surface area contributed by atoms with Crippen molar-refractivity contribution in [3.63, 3.8) is 0 Å². The lowest BCUT2D eigenvalue weighted by atomic mass is 9.97. The van der Waals surface area contributed by atoms with E-state index >= 15 is 0 Å². The van der Waals surface area contributed by atoms with Gasteiger partial charge in [-0.2, -0.15) is 0 Å². The minimum Gasteiger partial charge on any atom is -0.309 e. The third-order valence-electron chi connectivity index (χ3n) is 3.93. The lowest BCUT2D eigenvalue weighted by Gasteiger charge is -2.28. The monoisotopic (exact) mass is 269 g/mol. The van der Waals surface area contributed by atoms with E-state index in [1.54, 1.807) is 11.1 Å². The van der Waals surface area contributed by atoms with E-state index in [9.17, 15) is 4.79 Å². The molecule has 0 spiro atoms. The maximum Gasteiger partial charge on any atom is 0.250 e. The zero-order valence-corrected chi connectivity index (χ0v) is 12.2. The molecule has 0 saturated heterocycles. The van der Waals surface area contributed by atoms with Crippen molar-refractivity contribution >= 4 is 5.91 Å². The molecule has 106 valence electrons. The van der Waals surface area contributed by atoms with Crippen molar-refractivity contribution in [2.45, 2.75) is 38.6 Å². The molecule has 2 nitrogen and oxygen atoms in total. The van der Waals surface area contributed by atoms with Crippen molar-refractivity contribution in [3.8, 4) is 0 Å². The first-order valence-corrected chi connectivity index (χ1v) is 7.29. The molecule has 1 amide bonds. The highest BCUT2D eigenvalue weighted by molar-refractivity contribution is 5.88. The van der Waals surface area contributed by atoms with Crippen LogP contribution in [-0.4, -0.2) is 10.8 Å². The van der Waals surface area contributed by atoms with Crippen LogP contribution in [0.1, 0.15) is 42.9 Å². The summed E-state index contributed by atoms with van der Waals surface area (Å²) in [5, 5.41) is 0. The predicted octanol–water partition coefficient (Wildman–Crippen LogP) is 4.38. The van der Waals surface area contributed by atoms with Gasteiger partial charge < -0.3 is 4.90 Å². The van der Waals surface area contributed by atoms with E-state index < -0.39 is 0 Å². The van der Waals surface area contributed by atoms with Crippen molar-refractivity contribution in [2.75, 3.05) is 0 Å². The van der Waals surface area contributed by atoms with Gasteiger partial charge in [-0.05, 0) is 37.3 Å². The van der Waals surface area contributed by atoms with E-state index in [0.717, 1.165) is 12.3 Å². The maximum atomic E-state index is 12.0. The number of benzene rings is 1. The van der Waals surface area contributed by atoms with E-state index in [-0.39, 0.29) is 11.9 Å². The Morgan fingerprint density at radius 3 is 2.75 bits per heavy atom. The fraction of sp³-hybridized carbons (Fsp3) is 0.389. The van der Waals surface area contributed by atoms with Gasteiger partial charge in [-0.25, -0.2) is 0 Å². The lowest BCUT2D eigenvalue weighted by Crippen LogP contribution is -2.28. The first-order valence-electron chi connectivity index (χ1n) is 7.29. The fourth-order valence-corrected chi connectivity index (χ4v) is 2.62. The van der Waals surface area contributed by atoms with Crippen LogP contribution in [0.4, 0.5) is 0 Å². The molecule has 1 aromatic rings. The number of carbonyl (C=O) groups excluding carboxylic acids is 1. The highest BCUT2D eigenvalue weighted by Gasteiger charge is 2.26. The summed E-state index contributed by atoms with van der Waals surface area (Å²) in [4.78, 5) is 13.8. The van der Waals surface area contributed by atoms with Crippen LogP contribution in [0.25, 0.3) is 0 Å². The molecule has 1 unspecified atom stereocenters. The van der Waals surface area contributed by atoms with Gasteiger partial charge in [-0.1, -0.05) is 55.8 Å². The Bertz CT molecular complexity index is 502. The summed E-state index contributed by atoms with van der Waals surface area (Å²) in [5.41, 5.74) is 2.40. The van der Waals surface area contributed by atoms with Crippen LogP contribution in [0.3, 0.4) is 0 Å². The Hall–Kier alpha value is -1.83. The Morgan fingerprint density at radius 2 is 2.20 bits per heavy atom. The van der Waals surface area contributed by atoms with Gasteiger partial charge in [-0.15, -0.1) is 0 Å². The molecule has 1 aliphatic rings. The fourth-order valence-electron chi connectivity index (χ4n) is 2.62. The topological polar surface area (TPSA) is 20.3 Å². The van der Waals surface area contributed by atoms with Gasteiger partial charge in [0, 0.05) is 6.20 Å². The second-order valence-electron chi connectivity index (χ2n) is 5.58. The number of nitrogens with zero attached hydrogens (tertiary/aromatic N) is 1. The largest absolute Gasteiger partial charge is 0.309 e. The highest BCUT2D eigenvalue weighted by atomic mass is 16.2. The molecule has 1 fully saturated rings. The Kier molecular flexibility index (Phi) is 4.78. The van der Waals surface area contributed by atoms with Crippen molar-refractivity contribution in [1.29, 1.82) is 0 Å². The van der Waals surface area contributed by atoms with Gasteiger partial charge >= 0.3 is 0 Å². The molecular formula is C18H23NO. The summed E-state index contributed by atoms with van der Waals surface area (Å²) in [5.74, 6) is 0.773. The summed E-state index contributed by atoms with van der Waals surface area (Å²) in [7, 11) is 0. The highest BCUT2D eigenvalue weighted by Crippen LogP contribution is 2.37. The van der Waals surface area contributed by atoms with Gasteiger partial charge in [0.1, 0.15) is 0 Å². The average molecular weight is 269 g/mol.